The smallest absolute Gasteiger partial charge is 0.262 e. The molecule has 0 atom stereocenters. The Hall–Kier alpha value is -2.77. The van der Waals surface area contributed by atoms with Crippen LogP contribution < -0.4 is 5.73 Å². The number of nitrogen functional groups attached to an aromatic ring is 1. The maximum Gasteiger partial charge on any atom is 0.262 e. The van der Waals surface area contributed by atoms with Crippen LogP contribution in [0.15, 0.2) is 18.2 Å². The summed E-state index contributed by atoms with van der Waals surface area (Å²) in [6, 6.07) is 4.62. The van der Waals surface area contributed by atoms with Crippen molar-refractivity contribution in [3.05, 3.63) is 35.2 Å². The highest BCUT2D eigenvalue weighted by molar-refractivity contribution is 6.21. The lowest BCUT2D eigenvalue weighted by Gasteiger charge is -2.10. The van der Waals surface area contributed by atoms with Gasteiger partial charge in [0, 0.05) is 5.69 Å². The number of nitrogens with zero attached hydrogens (tertiary/aromatic N) is 4. The van der Waals surface area contributed by atoms with E-state index in [2.05, 4.69) is 20.6 Å². The van der Waals surface area contributed by atoms with Crippen LogP contribution in [0, 0.1) is 0 Å². The molecule has 0 unspecified atom stereocenters. The van der Waals surface area contributed by atoms with Crippen LogP contribution in [0.4, 0.5) is 5.69 Å². The number of H-pyrrole nitrogens is 1. The second-order valence-corrected chi connectivity index (χ2v) is 3.83. The van der Waals surface area contributed by atoms with Gasteiger partial charge in [0.1, 0.15) is 0 Å². The number of amides is 2. The number of imide groups is 1. The molecule has 1 aliphatic rings. The van der Waals surface area contributed by atoms with Crippen LogP contribution in [0.2, 0.25) is 0 Å². The maximum atomic E-state index is 12.0. The van der Waals surface area contributed by atoms with Crippen molar-refractivity contribution in [2.45, 2.75) is 6.54 Å². The Balaban J connectivity index is 1.97. The largest absolute Gasteiger partial charge is 0.399 e. The SMILES string of the molecule is Nc1ccc2c(c1)C(=O)N(Cc1nn[nH]n1)C2=O. The minimum absolute atomic E-state index is 0.0112. The Morgan fingerprint density at radius 2 is 2.00 bits per heavy atom. The molecule has 3 N–H and O–H groups in total. The van der Waals surface area contributed by atoms with E-state index in [-0.39, 0.29) is 18.3 Å². The third-order valence-electron chi connectivity index (χ3n) is 2.68. The number of benzene rings is 1. The summed E-state index contributed by atoms with van der Waals surface area (Å²) in [5.74, 6) is -0.496. The molecule has 0 fully saturated rings. The molecule has 90 valence electrons. The van der Waals surface area contributed by atoms with Gasteiger partial charge in [0.05, 0.1) is 17.7 Å². The highest BCUT2D eigenvalue weighted by atomic mass is 16.2. The van der Waals surface area contributed by atoms with Crippen LogP contribution in [0.3, 0.4) is 0 Å². The van der Waals surface area contributed by atoms with E-state index in [9.17, 15) is 9.59 Å². The number of tetrazole rings is 1. The predicted molar refractivity (Wildman–Crippen MR) is 59.2 cm³/mol. The molecule has 0 saturated heterocycles. The first kappa shape index (κ1) is 10.4. The molecular formula is C10H8N6O2. The van der Waals surface area contributed by atoms with Gasteiger partial charge in [-0.15, -0.1) is 10.2 Å². The molecule has 0 saturated carbocycles. The van der Waals surface area contributed by atoms with Crippen molar-refractivity contribution in [1.82, 2.24) is 25.5 Å². The van der Waals surface area contributed by atoms with E-state index in [1.807, 2.05) is 0 Å². The number of fused-ring (bicyclic) bond motifs is 1. The lowest BCUT2D eigenvalue weighted by atomic mass is 10.1. The first-order valence-electron chi connectivity index (χ1n) is 5.15. The van der Waals surface area contributed by atoms with Crippen LogP contribution in [0.1, 0.15) is 26.5 Å². The fraction of sp³-hybridized carbons (Fsp3) is 0.100. The topological polar surface area (TPSA) is 118 Å². The van der Waals surface area contributed by atoms with E-state index in [4.69, 9.17) is 5.73 Å². The number of aromatic nitrogens is 4. The maximum absolute atomic E-state index is 12.0. The molecule has 0 radical (unpaired) electrons. The second-order valence-electron chi connectivity index (χ2n) is 3.83. The third kappa shape index (κ3) is 1.43. The van der Waals surface area contributed by atoms with E-state index < -0.39 is 5.91 Å². The summed E-state index contributed by atoms with van der Waals surface area (Å²) in [7, 11) is 0. The van der Waals surface area contributed by atoms with Crippen LogP contribution >= 0.6 is 0 Å². The van der Waals surface area contributed by atoms with Crippen molar-refractivity contribution in [3.63, 3.8) is 0 Å². The van der Waals surface area contributed by atoms with Gasteiger partial charge >= 0.3 is 0 Å². The van der Waals surface area contributed by atoms with Gasteiger partial charge in [-0.3, -0.25) is 14.5 Å². The van der Waals surface area contributed by atoms with Crippen molar-refractivity contribution < 1.29 is 9.59 Å². The van der Waals surface area contributed by atoms with Crippen LogP contribution in [0.5, 0.6) is 0 Å². The van der Waals surface area contributed by atoms with Crippen LogP contribution in [-0.2, 0) is 6.54 Å². The predicted octanol–water partition coefficient (Wildman–Crippen LogP) is -0.422. The number of carbonyl (C=O) groups is 2. The average molecular weight is 244 g/mol. The van der Waals surface area contributed by atoms with Crippen LogP contribution in [0.25, 0.3) is 0 Å². The summed E-state index contributed by atoms with van der Waals surface area (Å²) in [5.41, 5.74) is 6.69. The number of nitrogens with two attached hydrogens (primary N) is 1. The normalized spacial score (nSPS) is 14.1. The van der Waals surface area contributed by atoms with Crippen molar-refractivity contribution in [2.75, 3.05) is 5.73 Å². The molecule has 2 aromatic rings. The van der Waals surface area contributed by atoms with Crippen molar-refractivity contribution in [3.8, 4) is 0 Å². The zero-order chi connectivity index (χ0) is 12.7. The van der Waals surface area contributed by atoms with E-state index in [1.165, 1.54) is 6.07 Å². The number of carbonyl (C=O) groups excluding carboxylic acids is 2. The Morgan fingerprint density at radius 3 is 2.72 bits per heavy atom. The molecule has 8 heteroatoms. The molecule has 1 aromatic heterocycles. The van der Waals surface area contributed by atoms with Gasteiger partial charge in [0.2, 0.25) is 0 Å². The van der Waals surface area contributed by atoms with Crippen molar-refractivity contribution in [1.29, 1.82) is 0 Å². The Bertz CT molecular complexity index is 636. The third-order valence-corrected chi connectivity index (χ3v) is 2.68. The lowest BCUT2D eigenvalue weighted by molar-refractivity contribution is 0.0638. The lowest BCUT2D eigenvalue weighted by Crippen LogP contribution is -2.29. The number of rotatable bonds is 2. The van der Waals surface area contributed by atoms with Crippen LogP contribution in [-0.4, -0.2) is 37.3 Å². The molecule has 3 rings (SSSR count). The summed E-state index contributed by atoms with van der Waals surface area (Å²) >= 11 is 0. The molecule has 2 heterocycles. The highest BCUT2D eigenvalue weighted by Crippen LogP contribution is 2.25. The number of hydrogen-bond donors (Lipinski definition) is 2. The first-order valence-corrected chi connectivity index (χ1v) is 5.15. The summed E-state index contributed by atoms with van der Waals surface area (Å²) in [6.07, 6.45) is 0. The molecule has 18 heavy (non-hydrogen) atoms. The number of anilines is 1. The Labute approximate surface area is 101 Å². The van der Waals surface area contributed by atoms with E-state index >= 15 is 0 Å². The first-order chi connectivity index (χ1) is 8.66. The summed E-state index contributed by atoms with van der Waals surface area (Å²) in [4.78, 5) is 25.1. The zero-order valence-corrected chi connectivity index (χ0v) is 9.12. The van der Waals surface area contributed by atoms with Gasteiger partial charge in [-0.1, -0.05) is 5.21 Å². The van der Waals surface area contributed by atoms with Gasteiger partial charge < -0.3 is 5.73 Å². The molecule has 1 aliphatic heterocycles. The quantitative estimate of drug-likeness (QED) is 0.547. The summed E-state index contributed by atoms with van der Waals surface area (Å²) in [5, 5.41) is 13.1. The van der Waals surface area contributed by atoms with Gasteiger partial charge in [-0.2, -0.15) is 5.21 Å². The molecule has 1 aromatic carbocycles. The summed E-state index contributed by atoms with van der Waals surface area (Å²) < 4.78 is 0. The van der Waals surface area contributed by atoms with Gasteiger partial charge in [-0.25, -0.2) is 0 Å². The molecular weight excluding hydrogens is 236 g/mol. The number of nitrogens with one attached hydrogen (secondary N) is 1. The number of hydrogen-bond acceptors (Lipinski definition) is 6. The molecule has 0 bridgehead atoms. The average Bonchev–Trinajstić information content (AvgIpc) is 2.93. The second kappa shape index (κ2) is 3.62. The van der Waals surface area contributed by atoms with Gasteiger partial charge in [0.15, 0.2) is 5.82 Å². The molecule has 2 amide bonds. The zero-order valence-electron chi connectivity index (χ0n) is 9.12. The monoisotopic (exact) mass is 244 g/mol. The number of aromatic amines is 1. The molecule has 0 spiro atoms. The van der Waals surface area contributed by atoms with E-state index in [0.717, 1.165) is 4.90 Å². The fourth-order valence-corrected chi connectivity index (χ4v) is 1.84. The van der Waals surface area contributed by atoms with Gasteiger partial charge in [-0.05, 0) is 18.2 Å². The molecule has 8 nitrogen and oxygen atoms in total. The highest BCUT2D eigenvalue weighted by Gasteiger charge is 2.36. The minimum atomic E-state index is -0.396. The molecule has 0 aliphatic carbocycles. The van der Waals surface area contributed by atoms with E-state index in [1.54, 1.807) is 12.1 Å². The Morgan fingerprint density at radius 1 is 1.22 bits per heavy atom. The van der Waals surface area contributed by atoms with Gasteiger partial charge in [0.25, 0.3) is 11.8 Å². The fourth-order valence-electron chi connectivity index (χ4n) is 1.84. The summed E-state index contributed by atoms with van der Waals surface area (Å²) in [6.45, 7) is -0.0112. The van der Waals surface area contributed by atoms with Crippen molar-refractivity contribution >= 4 is 17.5 Å². The standard InChI is InChI=1S/C10H8N6O2/c11-5-1-2-6-7(3-5)10(18)16(9(6)17)4-8-12-14-15-13-8/h1-3H,4,11H2,(H,12,13,14,15). The van der Waals surface area contributed by atoms with E-state index in [0.29, 0.717) is 16.8 Å². The Kier molecular flexibility index (Phi) is 2.09. The minimum Gasteiger partial charge on any atom is -0.399 e. The van der Waals surface area contributed by atoms with Crippen molar-refractivity contribution in [2.24, 2.45) is 0 Å².